The van der Waals surface area contributed by atoms with Crippen molar-refractivity contribution in [3.63, 3.8) is 0 Å². The summed E-state index contributed by atoms with van der Waals surface area (Å²) in [6, 6.07) is 16.3. The lowest BCUT2D eigenvalue weighted by atomic mass is 10.0. The van der Waals surface area contributed by atoms with Crippen LogP contribution in [-0.4, -0.2) is 37.2 Å². The van der Waals surface area contributed by atoms with Gasteiger partial charge in [-0.25, -0.2) is 0 Å². The van der Waals surface area contributed by atoms with Gasteiger partial charge in [0.15, 0.2) is 0 Å². The molecule has 0 radical (unpaired) electrons. The predicted molar refractivity (Wildman–Crippen MR) is 102 cm³/mol. The fraction of sp³-hybridized carbons (Fsp3) is 0.318. The quantitative estimate of drug-likeness (QED) is 0.771. The van der Waals surface area contributed by atoms with Gasteiger partial charge in [-0.05, 0) is 23.6 Å². The van der Waals surface area contributed by atoms with Gasteiger partial charge < -0.3 is 9.47 Å². The molecule has 5 nitrogen and oxygen atoms in total. The Bertz CT molecular complexity index is 898. The third-order valence-corrected chi connectivity index (χ3v) is 5.56. The van der Waals surface area contributed by atoms with Crippen LogP contribution in [0.4, 0.5) is 5.69 Å². The summed E-state index contributed by atoms with van der Waals surface area (Å²) in [7, 11) is 0. The molecule has 3 aliphatic heterocycles. The molecule has 0 aliphatic carbocycles. The maximum absolute atomic E-state index is 13.4. The number of rotatable bonds is 2. The first-order valence-electron chi connectivity index (χ1n) is 9.41. The number of hydrogen-bond donors (Lipinski definition) is 0. The van der Waals surface area contributed by atoms with E-state index < -0.39 is 5.79 Å². The molecule has 0 unspecified atom stereocenters. The van der Waals surface area contributed by atoms with E-state index in [0.29, 0.717) is 19.9 Å². The number of anilines is 1. The second-order valence-electron chi connectivity index (χ2n) is 7.17. The van der Waals surface area contributed by atoms with Crippen molar-refractivity contribution in [2.75, 3.05) is 31.3 Å². The van der Waals surface area contributed by atoms with Gasteiger partial charge in [-0.3, -0.25) is 14.6 Å². The Kier molecular flexibility index (Phi) is 4.08. The number of hydrogen-bond acceptors (Lipinski definition) is 4. The maximum Gasteiger partial charge on any atom is 0.293 e. The Morgan fingerprint density at radius 2 is 1.63 bits per heavy atom. The normalized spacial score (nSPS) is 21.2. The van der Waals surface area contributed by atoms with Crippen molar-refractivity contribution in [2.45, 2.75) is 18.8 Å². The summed E-state index contributed by atoms with van der Waals surface area (Å²) < 4.78 is 11.9. The van der Waals surface area contributed by atoms with Gasteiger partial charge in [0.05, 0.1) is 25.6 Å². The number of para-hydroxylation sites is 1. The molecule has 1 spiro atoms. The molecule has 0 saturated heterocycles. The van der Waals surface area contributed by atoms with E-state index in [1.807, 2.05) is 41.3 Å². The van der Waals surface area contributed by atoms with Crippen molar-refractivity contribution in [2.24, 2.45) is 0 Å². The minimum absolute atomic E-state index is 0.133. The number of nitrogens with zero attached hydrogens (tertiary/aromatic N) is 2. The van der Waals surface area contributed by atoms with Crippen LogP contribution in [0.15, 0.2) is 60.7 Å². The van der Waals surface area contributed by atoms with Gasteiger partial charge in [-0.1, -0.05) is 54.6 Å². The largest absolute Gasteiger partial charge is 0.334 e. The number of carbonyl (C=O) groups is 1. The third-order valence-electron chi connectivity index (χ3n) is 5.56. The van der Waals surface area contributed by atoms with Crippen LogP contribution in [0.2, 0.25) is 0 Å². The second kappa shape index (κ2) is 6.60. The number of carbonyl (C=O) groups excluding carboxylic acids is 1. The minimum atomic E-state index is -1.33. The summed E-state index contributed by atoms with van der Waals surface area (Å²) in [5.74, 6) is -1.46. The molecule has 0 saturated carbocycles. The van der Waals surface area contributed by atoms with Crippen molar-refractivity contribution < 1.29 is 14.3 Å². The molecule has 3 aliphatic rings. The summed E-state index contributed by atoms with van der Waals surface area (Å²) >= 11 is 0. The topological polar surface area (TPSA) is 42.0 Å². The van der Waals surface area contributed by atoms with Crippen LogP contribution in [0.3, 0.4) is 0 Å². The molecule has 27 heavy (non-hydrogen) atoms. The third kappa shape index (κ3) is 2.70. The monoisotopic (exact) mass is 362 g/mol. The lowest BCUT2D eigenvalue weighted by molar-refractivity contribution is -0.220. The van der Waals surface area contributed by atoms with Crippen LogP contribution in [0.5, 0.6) is 0 Å². The molecular weight excluding hydrogens is 340 g/mol. The van der Waals surface area contributed by atoms with E-state index in [-0.39, 0.29) is 5.91 Å². The summed E-state index contributed by atoms with van der Waals surface area (Å²) in [5.41, 5.74) is 4.42. The number of fused-ring (bicyclic) bond motifs is 3. The molecule has 0 N–H and O–H groups in total. The zero-order valence-electron chi connectivity index (χ0n) is 15.1. The van der Waals surface area contributed by atoms with Crippen LogP contribution in [-0.2, 0) is 33.0 Å². The molecule has 138 valence electrons. The van der Waals surface area contributed by atoms with Crippen LogP contribution in [0, 0.1) is 0 Å². The fourth-order valence-corrected chi connectivity index (χ4v) is 4.19. The Morgan fingerprint density at radius 3 is 2.44 bits per heavy atom. The van der Waals surface area contributed by atoms with Gasteiger partial charge in [-0.15, -0.1) is 0 Å². The van der Waals surface area contributed by atoms with Gasteiger partial charge in [-0.2, -0.15) is 0 Å². The second-order valence-corrected chi connectivity index (χ2v) is 7.17. The van der Waals surface area contributed by atoms with Gasteiger partial charge in [0.2, 0.25) is 0 Å². The van der Waals surface area contributed by atoms with Gasteiger partial charge >= 0.3 is 0 Å². The summed E-state index contributed by atoms with van der Waals surface area (Å²) in [5, 5.41) is 0. The molecule has 0 fully saturated rings. The summed E-state index contributed by atoms with van der Waals surface area (Å²) in [4.78, 5) is 17.6. The SMILES string of the molecule is O=C1N(CN2CCc3ccccc3C2)c2ccccc2C12OCC=CCO2. The highest BCUT2D eigenvalue weighted by Crippen LogP contribution is 2.44. The van der Waals surface area contributed by atoms with E-state index in [0.717, 1.165) is 30.8 Å². The average molecular weight is 362 g/mol. The zero-order valence-corrected chi connectivity index (χ0v) is 15.1. The first-order chi connectivity index (χ1) is 13.3. The van der Waals surface area contributed by atoms with Crippen LogP contribution < -0.4 is 4.90 Å². The lowest BCUT2D eigenvalue weighted by Crippen LogP contribution is -2.48. The minimum Gasteiger partial charge on any atom is -0.334 e. The van der Waals surface area contributed by atoms with Gasteiger partial charge in [0.1, 0.15) is 0 Å². The van der Waals surface area contributed by atoms with E-state index in [4.69, 9.17) is 9.47 Å². The van der Waals surface area contributed by atoms with Crippen molar-refractivity contribution in [1.82, 2.24) is 4.90 Å². The summed E-state index contributed by atoms with van der Waals surface area (Å²) in [6.45, 7) is 3.04. The Morgan fingerprint density at radius 1 is 0.926 bits per heavy atom. The number of ether oxygens (including phenoxy) is 2. The number of amides is 1. The van der Waals surface area contributed by atoms with Crippen molar-refractivity contribution in [3.05, 3.63) is 77.4 Å². The lowest BCUT2D eigenvalue weighted by Gasteiger charge is -2.33. The standard InChI is InChI=1S/C22H22N2O3/c25-21-22(26-13-5-6-14-27-22)19-9-3-4-10-20(19)24(21)16-23-12-11-17-7-1-2-8-18(17)15-23/h1-10H,11-16H2. The summed E-state index contributed by atoms with van der Waals surface area (Å²) in [6.07, 6.45) is 4.80. The Labute approximate surface area is 158 Å². The van der Waals surface area contributed by atoms with E-state index in [2.05, 4.69) is 29.2 Å². The van der Waals surface area contributed by atoms with Gasteiger partial charge in [0.25, 0.3) is 11.7 Å². The van der Waals surface area contributed by atoms with Crippen LogP contribution >= 0.6 is 0 Å². The molecule has 0 atom stereocenters. The first-order valence-corrected chi connectivity index (χ1v) is 9.41. The zero-order chi connectivity index (χ0) is 18.3. The molecule has 3 heterocycles. The van der Waals surface area contributed by atoms with E-state index in [1.54, 1.807) is 0 Å². The molecule has 0 bridgehead atoms. The van der Waals surface area contributed by atoms with Crippen LogP contribution in [0.25, 0.3) is 0 Å². The Hall–Kier alpha value is -2.47. The van der Waals surface area contributed by atoms with E-state index in [1.165, 1.54) is 11.1 Å². The molecule has 1 amide bonds. The first kappa shape index (κ1) is 16.7. The molecule has 5 heteroatoms. The van der Waals surface area contributed by atoms with Crippen LogP contribution in [0.1, 0.15) is 16.7 Å². The van der Waals surface area contributed by atoms with Crippen molar-refractivity contribution >= 4 is 11.6 Å². The number of benzene rings is 2. The van der Waals surface area contributed by atoms with E-state index >= 15 is 0 Å². The van der Waals surface area contributed by atoms with E-state index in [9.17, 15) is 4.79 Å². The Balaban J connectivity index is 1.44. The highest BCUT2D eigenvalue weighted by atomic mass is 16.7. The van der Waals surface area contributed by atoms with Gasteiger partial charge in [0, 0.05) is 18.7 Å². The molecule has 5 rings (SSSR count). The van der Waals surface area contributed by atoms with Crippen molar-refractivity contribution in [1.29, 1.82) is 0 Å². The highest BCUT2D eigenvalue weighted by Gasteiger charge is 2.54. The molecule has 0 aromatic heterocycles. The smallest absolute Gasteiger partial charge is 0.293 e. The molecule has 2 aromatic rings. The average Bonchev–Trinajstić information content (AvgIpc) is 2.88. The van der Waals surface area contributed by atoms with Crippen molar-refractivity contribution in [3.8, 4) is 0 Å². The maximum atomic E-state index is 13.4. The molecule has 2 aromatic carbocycles. The predicted octanol–water partition coefficient (Wildman–Crippen LogP) is 2.80. The molecular formula is C22H22N2O3. The highest BCUT2D eigenvalue weighted by molar-refractivity contribution is 6.06. The fourth-order valence-electron chi connectivity index (χ4n) is 4.19.